The molecule has 6 heteroatoms. The molecule has 3 N–H and O–H groups in total. The minimum absolute atomic E-state index is 0.137. The van der Waals surface area contributed by atoms with Gasteiger partial charge in [-0.1, -0.05) is 0 Å². The fourth-order valence-electron chi connectivity index (χ4n) is 1.54. The van der Waals surface area contributed by atoms with Crippen molar-refractivity contribution in [1.82, 2.24) is 5.43 Å². The number of hydrazine groups is 1. The number of benzene rings is 1. The Hall–Kier alpha value is -1.58. The van der Waals surface area contributed by atoms with Crippen LogP contribution in [0.15, 0.2) is 18.2 Å². The van der Waals surface area contributed by atoms with Crippen molar-refractivity contribution in [3.8, 4) is 12.3 Å². The third-order valence-corrected chi connectivity index (χ3v) is 2.48. The highest BCUT2D eigenvalue weighted by Crippen LogP contribution is 2.32. The normalized spacial score (nSPS) is 13.1. The van der Waals surface area contributed by atoms with E-state index in [1.807, 2.05) is 0 Å². The second-order valence-electron chi connectivity index (χ2n) is 3.70. The van der Waals surface area contributed by atoms with Crippen LogP contribution in [0.5, 0.6) is 0 Å². The molecule has 0 aromatic heterocycles. The van der Waals surface area contributed by atoms with Crippen LogP contribution in [-0.4, -0.2) is 0 Å². The van der Waals surface area contributed by atoms with E-state index >= 15 is 0 Å². The Kier molecular flexibility index (Phi) is 4.70. The van der Waals surface area contributed by atoms with Crippen LogP contribution in [-0.2, 0) is 6.18 Å². The number of halogens is 4. The molecule has 0 spiro atoms. The van der Waals surface area contributed by atoms with Crippen molar-refractivity contribution in [2.75, 3.05) is 0 Å². The highest BCUT2D eigenvalue weighted by atomic mass is 19.4. The highest BCUT2D eigenvalue weighted by molar-refractivity contribution is 5.29. The van der Waals surface area contributed by atoms with Crippen LogP contribution in [0.3, 0.4) is 0 Å². The van der Waals surface area contributed by atoms with Crippen molar-refractivity contribution >= 4 is 0 Å². The van der Waals surface area contributed by atoms with Gasteiger partial charge in [0.1, 0.15) is 5.82 Å². The van der Waals surface area contributed by atoms with E-state index in [9.17, 15) is 17.6 Å². The van der Waals surface area contributed by atoms with E-state index in [0.29, 0.717) is 6.07 Å². The van der Waals surface area contributed by atoms with E-state index in [1.54, 1.807) is 0 Å². The van der Waals surface area contributed by atoms with Gasteiger partial charge in [0.15, 0.2) is 0 Å². The molecule has 2 nitrogen and oxygen atoms in total. The first-order chi connectivity index (χ1) is 8.40. The molecule has 1 aromatic carbocycles. The lowest BCUT2D eigenvalue weighted by atomic mass is 9.99. The quantitative estimate of drug-likeness (QED) is 0.378. The second kappa shape index (κ2) is 5.85. The van der Waals surface area contributed by atoms with Crippen molar-refractivity contribution in [2.45, 2.75) is 25.1 Å². The topological polar surface area (TPSA) is 38.0 Å². The molecule has 1 unspecified atom stereocenters. The Morgan fingerprint density at radius 3 is 2.56 bits per heavy atom. The number of alkyl halides is 3. The van der Waals surface area contributed by atoms with Crippen LogP contribution in [0.1, 0.15) is 30.0 Å². The molecule has 1 aromatic rings. The van der Waals surface area contributed by atoms with Crippen LogP contribution >= 0.6 is 0 Å². The fraction of sp³-hybridized carbons (Fsp3) is 0.333. The molecule has 0 aliphatic heterocycles. The van der Waals surface area contributed by atoms with Crippen molar-refractivity contribution in [3.05, 3.63) is 35.1 Å². The van der Waals surface area contributed by atoms with E-state index in [0.717, 1.165) is 12.1 Å². The van der Waals surface area contributed by atoms with Gasteiger partial charge in [-0.15, -0.1) is 12.3 Å². The molecule has 98 valence electrons. The van der Waals surface area contributed by atoms with Gasteiger partial charge in [0, 0.05) is 18.0 Å². The number of nitrogens with one attached hydrogen (secondary N) is 1. The van der Waals surface area contributed by atoms with E-state index in [4.69, 9.17) is 12.3 Å². The minimum atomic E-state index is -4.52. The molecular weight excluding hydrogens is 248 g/mol. The molecule has 18 heavy (non-hydrogen) atoms. The van der Waals surface area contributed by atoms with Gasteiger partial charge in [-0.25, -0.2) is 4.39 Å². The average molecular weight is 260 g/mol. The summed E-state index contributed by atoms with van der Waals surface area (Å²) in [5, 5.41) is 0. The van der Waals surface area contributed by atoms with Gasteiger partial charge in [-0.05, 0) is 24.6 Å². The summed E-state index contributed by atoms with van der Waals surface area (Å²) in [4.78, 5) is 0. The largest absolute Gasteiger partial charge is 0.416 e. The molecule has 1 rings (SSSR count). The first kappa shape index (κ1) is 14.5. The fourth-order valence-corrected chi connectivity index (χ4v) is 1.54. The summed E-state index contributed by atoms with van der Waals surface area (Å²) in [5.74, 6) is 6.79. The minimum Gasteiger partial charge on any atom is -0.271 e. The summed E-state index contributed by atoms with van der Waals surface area (Å²) in [6, 6.07) is 1.46. The molecule has 0 bridgehead atoms. The smallest absolute Gasteiger partial charge is 0.271 e. The molecule has 0 saturated heterocycles. The van der Waals surface area contributed by atoms with Gasteiger partial charge in [0.2, 0.25) is 0 Å². The monoisotopic (exact) mass is 260 g/mol. The molecule has 0 saturated carbocycles. The van der Waals surface area contributed by atoms with E-state index in [2.05, 4.69) is 11.3 Å². The standard InChI is InChI=1S/C12H12F4N2/c1-2-3-4-11(18-17)9-7-8(12(14,15)16)5-6-10(9)13/h1,5-7,11,18H,3-4,17H2. The lowest BCUT2D eigenvalue weighted by Crippen LogP contribution is -2.29. The van der Waals surface area contributed by atoms with E-state index < -0.39 is 23.6 Å². The van der Waals surface area contributed by atoms with Crippen LogP contribution < -0.4 is 11.3 Å². The highest BCUT2D eigenvalue weighted by Gasteiger charge is 2.31. The predicted molar refractivity (Wildman–Crippen MR) is 59.5 cm³/mol. The Morgan fingerprint density at radius 1 is 1.39 bits per heavy atom. The number of hydrogen-bond acceptors (Lipinski definition) is 2. The summed E-state index contributed by atoms with van der Waals surface area (Å²) in [5.41, 5.74) is 1.22. The van der Waals surface area contributed by atoms with Crippen molar-refractivity contribution in [1.29, 1.82) is 0 Å². The summed E-state index contributed by atoms with van der Waals surface area (Å²) in [6.07, 6.45) is 1.07. The zero-order chi connectivity index (χ0) is 13.8. The lowest BCUT2D eigenvalue weighted by molar-refractivity contribution is -0.137. The second-order valence-corrected chi connectivity index (χ2v) is 3.70. The molecule has 0 aliphatic rings. The first-order valence-corrected chi connectivity index (χ1v) is 5.16. The van der Waals surface area contributed by atoms with Gasteiger partial charge in [0.05, 0.1) is 5.56 Å². The molecule has 0 amide bonds. The van der Waals surface area contributed by atoms with Gasteiger partial charge >= 0.3 is 6.18 Å². The summed E-state index contributed by atoms with van der Waals surface area (Å²) < 4.78 is 51.0. The Balaban J connectivity index is 3.10. The zero-order valence-electron chi connectivity index (χ0n) is 9.39. The van der Waals surface area contributed by atoms with Gasteiger partial charge < -0.3 is 0 Å². The maximum Gasteiger partial charge on any atom is 0.416 e. The zero-order valence-corrected chi connectivity index (χ0v) is 9.39. The third kappa shape index (κ3) is 3.45. The first-order valence-electron chi connectivity index (χ1n) is 5.16. The summed E-state index contributed by atoms with van der Waals surface area (Å²) in [6.45, 7) is 0. The lowest BCUT2D eigenvalue weighted by Gasteiger charge is -2.17. The van der Waals surface area contributed by atoms with Crippen molar-refractivity contribution in [3.63, 3.8) is 0 Å². The molecule has 0 radical (unpaired) electrons. The maximum atomic E-state index is 13.5. The average Bonchev–Trinajstić information content (AvgIpc) is 2.30. The van der Waals surface area contributed by atoms with Gasteiger partial charge in [-0.3, -0.25) is 11.3 Å². The van der Waals surface area contributed by atoms with Gasteiger partial charge in [0.25, 0.3) is 0 Å². The molecule has 0 aliphatic carbocycles. The van der Waals surface area contributed by atoms with E-state index in [1.165, 1.54) is 0 Å². The van der Waals surface area contributed by atoms with Crippen molar-refractivity contribution in [2.24, 2.45) is 5.84 Å². The van der Waals surface area contributed by atoms with E-state index in [-0.39, 0.29) is 18.4 Å². The van der Waals surface area contributed by atoms with Crippen LogP contribution in [0.4, 0.5) is 17.6 Å². The van der Waals surface area contributed by atoms with Gasteiger partial charge in [-0.2, -0.15) is 13.2 Å². The Morgan fingerprint density at radius 2 is 2.06 bits per heavy atom. The molecule has 0 heterocycles. The summed E-state index contributed by atoms with van der Waals surface area (Å²) in [7, 11) is 0. The Labute approximate surface area is 102 Å². The number of nitrogens with two attached hydrogens (primary N) is 1. The third-order valence-electron chi connectivity index (χ3n) is 2.48. The number of terminal acetylenes is 1. The SMILES string of the molecule is C#CCCC(NN)c1cc(C(F)(F)F)ccc1F. The Bertz CT molecular complexity index is 448. The maximum absolute atomic E-state index is 13.5. The molecule has 0 fully saturated rings. The number of hydrogen-bond donors (Lipinski definition) is 2. The molecule has 1 atom stereocenters. The predicted octanol–water partition coefficient (Wildman–Crippen LogP) is 2.76. The van der Waals surface area contributed by atoms with Crippen LogP contribution in [0, 0.1) is 18.2 Å². The molecular formula is C12H12F4N2. The van der Waals surface area contributed by atoms with Crippen molar-refractivity contribution < 1.29 is 17.6 Å². The summed E-state index contributed by atoms with van der Waals surface area (Å²) >= 11 is 0. The van der Waals surface area contributed by atoms with Crippen LogP contribution in [0.25, 0.3) is 0 Å². The van der Waals surface area contributed by atoms with Crippen LogP contribution in [0.2, 0.25) is 0 Å². The number of rotatable bonds is 4.